The predicted molar refractivity (Wildman–Crippen MR) is 99.2 cm³/mol. The molecule has 27 heavy (non-hydrogen) atoms. The lowest BCUT2D eigenvalue weighted by Gasteiger charge is -2.16. The fraction of sp³-hybridized carbons (Fsp3) is 0.368. The summed E-state index contributed by atoms with van der Waals surface area (Å²) in [7, 11) is 0. The molecule has 0 saturated heterocycles. The van der Waals surface area contributed by atoms with Gasteiger partial charge in [-0.05, 0) is 36.1 Å². The first kappa shape index (κ1) is 19.3. The summed E-state index contributed by atoms with van der Waals surface area (Å²) in [5.74, 6) is -0.512. The molecule has 2 heterocycles. The average Bonchev–Trinajstić information content (AvgIpc) is 2.98. The van der Waals surface area contributed by atoms with E-state index in [4.69, 9.17) is 0 Å². The van der Waals surface area contributed by atoms with E-state index in [0.29, 0.717) is 22.7 Å². The molecule has 0 aliphatic carbocycles. The number of hydrogen-bond acceptors (Lipinski definition) is 5. The molecular weight excluding hydrogens is 372 g/mol. The number of para-hydroxylation sites is 1. The largest absolute Gasteiger partial charge is 0.435 e. The summed E-state index contributed by atoms with van der Waals surface area (Å²) in [6.45, 7) is 0.363. The third-order valence-electron chi connectivity index (χ3n) is 4.45. The zero-order valence-electron chi connectivity index (χ0n) is 14.7. The van der Waals surface area contributed by atoms with Crippen molar-refractivity contribution in [3.8, 4) is 11.8 Å². The van der Waals surface area contributed by atoms with E-state index in [9.17, 15) is 18.8 Å². The van der Waals surface area contributed by atoms with Gasteiger partial charge < -0.3 is 15.4 Å². The van der Waals surface area contributed by atoms with Gasteiger partial charge in [0.1, 0.15) is 16.8 Å². The number of carbonyl (C=O) groups is 1. The topological polar surface area (TPSA) is 74.2 Å². The molecule has 1 amide bonds. The van der Waals surface area contributed by atoms with Crippen LogP contribution in [-0.4, -0.2) is 19.1 Å². The predicted octanol–water partition coefficient (Wildman–Crippen LogP) is 4.00. The summed E-state index contributed by atoms with van der Waals surface area (Å²) in [5.41, 5.74) is 2.07. The minimum absolute atomic E-state index is 0.0724. The molecule has 2 aromatic rings. The molecule has 1 aromatic carbocycles. The van der Waals surface area contributed by atoms with E-state index in [0.717, 1.165) is 23.4 Å². The van der Waals surface area contributed by atoms with Crippen LogP contribution in [0.1, 0.15) is 40.8 Å². The molecule has 0 saturated carbocycles. The third-order valence-corrected chi connectivity index (χ3v) is 5.60. The molecule has 0 fully saturated rings. The number of halogens is 2. The number of anilines is 1. The van der Waals surface area contributed by atoms with Crippen molar-refractivity contribution in [3.05, 3.63) is 45.8 Å². The van der Waals surface area contributed by atoms with E-state index in [-0.39, 0.29) is 24.0 Å². The molecule has 1 atom stereocenters. The number of fused-ring (bicyclic) bond motifs is 1. The minimum atomic E-state index is -2.92. The van der Waals surface area contributed by atoms with E-state index in [1.54, 1.807) is 25.1 Å². The zero-order chi connectivity index (χ0) is 19.4. The summed E-state index contributed by atoms with van der Waals surface area (Å²) in [6.07, 6.45) is 0.856. The Labute approximate surface area is 160 Å². The quantitative estimate of drug-likeness (QED) is 0.781. The van der Waals surface area contributed by atoms with Gasteiger partial charge in [0, 0.05) is 17.8 Å². The van der Waals surface area contributed by atoms with Gasteiger partial charge in [-0.3, -0.25) is 4.79 Å². The molecule has 0 spiro atoms. The van der Waals surface area contributed by atoms with Crippen LogP contribution in [0.3, 0.4) is 0 Å². The Morgan fingerprint density at radius 3 is 2.96 bits per heavy atom. The lowest BCUT2D eigenvalue weighted by molar-refractivity contribution is -0.116. The summed E-state index contributed by atoms with van der Waals surface area (Å²) < 4.78 is 29.7. The first-order chi connectivity index (χ1) is 13.0. The normalized spacial score (nSPS) is 14.3. The zero-order valence-corrected chi connectivity index (χ0v) is 15.5. The number of benzene rings is 1. The van der Waals surface area contributed by atoms with Crippen LogP contribution in [0.2, 0.25) is 0 Å². The number of rotatable bonds is 6. The van der Waals surface area contributed by atoms with Crippen molar-refractivity contribution in [1.29, 1.82) is 5.26 Å². The first-order valence-corrected chi connectivity index (χ1v) is 9.40. The highest BCUT2D eigenvalue weighted by Crippen LogP contribution is 2.35. The summed E-state index contributed by atoms with van der Waals surface area (Å²) in [4.78, 5) is 13.6. The second kappa shape index (κ2) is 8.46. The summed E-state index contributed by atoms with van der Waals surface area (Å²) >= 11 is 1.41. The lowest BCUT2D eigenvalue weighted by Crippen LogP contribution is -2.22. The van der Waals surface area contributed by atoms with Crippen LogP contribution < -0.4 is 15.4 Å². The Morgan fingerprint density at radius 1 is 1.44 bits per heavy atom. The standard InChI is InChI=1S/C19H19F2N3O2S/c1-11(12-4-2-3-5-15(12)26-19(20)21)8-17(25)24-18-14(9-22)13-6-7-23-10-16(13)27-18/h2-5,11,19,23H,6-8,10H2,1H3,(H,24,25). The van der Waals surface area contributed by atoms with Crippen molar-refractivity contribution in [2.75, 3.05) is 11.9 Å². The number of nitrogens with zero attached hydrogens (tertiary/aromatic N) is 1. The number of ether oxygens (including phenoxy) is 1. The highest BCUT2D eigenvalue weighted by atomic mass is 32.1. The van der Waals surface area contributed by atoms with Crippen molar-refractivity contribution in [2.24, 2.45) is 0 Å². The number of alkyl halides is 2. The summed E-state index contributed by atoms with van der Waals surface area (Å²) in [5, 5.41) is 16.1. The van der Waals surface area contributed by atoms with Crippen LogP contribution in [-0.2, 0) is 17.8 Å². The van der Waals surface area contributed by atoms with Gasteiger partial charge in [-0.2, -0.15) is 14.0 Å². The van der Waals surface area contributed by atoms with Crippen LogP contribution in [0.4, 0.5) is 13.8 Å². The van der Waals surface area contributed by atoms with Gasteiger partial charge in [-0.1, -0.05) is 25.1 Å². The van der Waals surface area contributed by atoms with E-state index in [1.807, 2.05) is 0 Å². The number of nitriles is 1. The smallest absolute Gasteiger partial charge is 0.387 e. The molecule has 142 valence electrons. The van der Waals surface area contributed by atoms with Crippen molar-refractivity contribution >= 4 is 22.2 Å². The monoisotopic (exact) mass is 391 g/mol. The number of amides is 1. The van der Waals surface area contributed by atoms with Gasteiger partial charge in [0.15, 0.2) is 0 Å². The van der Waals surface area contributed by atoms with Crippen LogP contribution >= 0.6 is 11.3 Å². The van der Waals surface area contributed by atoms with E-state index >= 15 is 0 Å². The highest BCUT2D eigenvalue weighted by molar-refractivity contribution is 7.16. The van der Waals surface area contributed by atoms with Crippen LogP contribution in [0.25, 0.3) is 0 Å². The minimum Gasteiger partial charge on any atom is -0.435 e. The first-order valence-electron chi connectivity index (χ1n) is 8.58. The molecule has 1 aromatic heterocycles. The second-order valence-corrected chi connectivity index (χ2v) is 7.42. The maximum absolute atomic E-state index is 12.6. The molecular formula is C19H19F2N3O2S. The van der Waals surface area contributed by atoms with Gasteiger partial charge in [-0.25, -0.2) is 0 Å². The summed E-state index contributed by atoms with van der Waals surface area (Å²) in [6, 6.07) is 8.65. The maximum Gasteiger partial charge on any atom is 0.387 e. The third kappa shape index (κ3) is 4.43. The number of hydrogen-bond donors (Lipinski definition) is 2. The van der Waals surface area contributed by atoms with Gasteiger partial charge >= 0.3 is 6.61 Å². The number of nitrogens with one attached hydrogen (secondary N) is 2. The lowest BCUT2D eigenvalue weighted by atomic mass is 9.96. The van der Waals surface area contributed by atoms with Crippen molar-refractivity contribution < 1.29 is 18.3 Å². The van der Waals surface area contributed by atoms with Gasteiger partial charge in [0.05, 0.1) is 5.56 Å². The SMILES string of the molecule is CC(CC(=O)Nc1sc2c(c1C#N)CCNC2)c1ccccc1OC(F)F. The van der Waals surface area contributed by atoms with Crippen molar-refractivity contribution in [2.45, 2.75) is 38.8 Å². The molecule has 2 N–H and O–H groups in total. The molecule has 0 bridgehead atoms. The molecule has 8 heteroatoms. The van der Waals surface area contributed by atoms with E-state index in [1.165, 1.54) is 17.4 Å². The molecule has 5 nitrogen and oxygen atoms in total. The van der Waals surface area contributed by atoms with Gasteiger partial charge in [0.25, 0.3) is 0 Å². The molecule has 1 aliphatic rings. The Kier molecular flexibility index (Phi) is 6.04. The fourth-order valence-electron chi connectivity index (χ4n) is 3.20. The van der Waals surface area contributed by atoms with Crippen molar-refractivity contribution in [1.82, 2.24) is 5.32 Å². The molecule has 3 rings (SSSR count). The van der Waals surface area contributed by atoms with Crippen LogP contribution in [0.5, 0.6) is 5.75 Å². The second-order valence-electron chi connectivity index (χ2n) is 6.32. The van der Waals surface area contributed by atoms with Crippen LogP contribution in [0.15, 0.2) is 24.3 Å². The molecule has 1 unspecified atom stereocenters. The number of thiophene rings is 1. The molecule has 1 aliphatic heterocycles. The Morgan fingerprint density at radius 2 is 2.22 bits per heavy atom. The van der Waals surface area contributed by atoms with E-state index in [2.05, 4.69) is 21.4 Å². The Hall–Kier alpha value is -2.50. The maximum atomic E-state index is 12.6. The molecule has 0 radical (unpaired) electrons. The van der Waals surface area contributed by atoms with Gasteiger partial charge in [0.2, 0.25) is 5.91 Å². The van der Waals surface area contributed by atoms with Crippen LogP contribution in [0, 0.1) is 11.3 Å². The number of carbonyl (C=O) groups excluding carboxylic acids is 1. The Balaban J connectivity index is 1.72. The van der Waals surface area contributed by atoms with E-state index < -0.39 is 6.61 Å². The van der Waals surface area contributed by atoms with Crippen molar-refractivity contribution in [3.63, 3.8) is 0 Å². The Bertz CT molecular complexity index is 876. The average molecular weight is 391 g/mol. The fourth-order valence-corrected chi connectivity index (χ4v) is 4.38. The highest BCUT2D eigenvalue weighted by Gasteiger charge is 2.23. The van der Waals surface area contributed by atoms with Gasteiger partial charge in [-0.15, -0.1) is 11.3 Å².